The Hall–Kier alpha value is -1.31. The Morgan fingerprint density at radius 3 is 2.50 bits per heavy atom. The lowest BCUT2D eigenvalue weighted by molar-refractivity contribution is -0.387. The lowest BCUT2D eigenvalue weighted by Gasteiger charge is -2.29. The number of hydrogen-bond donors (Lipinski definition) is 1. The van der Waals surface area contributed by atoms with E-state index < -0.39 is 4.92 Å². The van der Waals surface area contributed by atoms with E-state index in [2.05, 4.69) is 0 Å². The van der Waals surface area contributed by atoms with Gasteiger partial charge >= 0.3 is 0 Å². The Bertz CT molecular complexity index is 552. The molecule has 2 N–H and O–H groups in total. The molecule has 0 unspecified atom stereocenters. The summed E-state index contributed by atoms with van der Waals surface area (Å²) in [5.74, 6) is -0.243. The molecular formula is C14H22ClN3O3S. The minimum atomic E-state index is -0.466. The SMILES string of the molecule is CSc1ccc(C(=O)N(C)CC(C)(C)CN)cc1[N+](=O)[O-].Cl. The van der Waals surface area contributed by atoms with E-state index in [1.165, 1.54) is 17.8 Å². The zero-order valence-corrected chi connectivity index (χ0v) is 14.8. The third-order valence-electron chi connectivity index (χ3n) is 3.19. The number of nitrogens with zero attached hydrogens (tertiary/aromatic N) is 2. The summed E-state index contributed by atoms with van der Waals surface area (Å²) in [6, 6.07) is 4.56. The first kappa shape index (κ1) is 20.7. The molecule has 0 aliphatic rings. The van der Waals surface area contributed by atoms with Crippen LogP contribution in [0.1, 0.15) is 24.2 Å². The molecule has 6 nitrogen and oxygen atoms in total. The predicted molar refractivity (Wildman–Crippen MR) is 91.9 cm³/mol. The third kappa shape index (κ3) is 5.15. The lowest BCUT2D eigenvalue weighted by atomic mass is 9.93. The van der Waals surface area contributed by atoms with Crippen molar-refractivity contribution < 1.29 is 9.72 Å². The van der Waals surface area contributed by atoms with Crippen LogP contribution in [0.5, 0.6) is 0 Å². The average molecular weight is 348 g/mol. The zero-order valence-electron chi connectivity index (χ0n) is 13.2. The number of carbonyl (C=O) groups excluding carboxylic acids is 1. The Kier molecular flexibility index (Phi) is 7.86. The number of thioether (sulfide) groups is 1. The van der Waals surface area contributed by atoms with E-state index >= 15 is 0 Å². The topological polar surface area (TPSA) is 89.5 Å². The molecule has 0 radical (unpaired) electrons. The summed E-state index contributed by atoms with van der Waals surface area (Å²) in [6.07, 6.45) is 1.76. The molecule has 0 atom stereocenters. The second kappa shape index (κ2) is 8.36. The molecule has 1 aromatic rings. The molecule has 0 saturated heterocycles. The monoisotopic (exact) mass is 347 g/mol. The van der Waals surface area contributed by atoms with E-state index in [-0.39, 0.29) is 29.4 Å². The Morgan fingerprint density at radius 1 is 1.45 bits per heavy atom. The number of benzene rings is 1. The maximum Gasteiger partial charge on any atom is 0.283 e. The van der Waals surface area contributed by atoms with Gasteiger partial charge in [-0.05, 0) is 30.3 Å². The van der Waals surface area contributed by atoms with Crippen molar-refractivity contribution in [3.63, 3.8) is 0 Å². The molecule has 1 aromatic carbocycles. The Labute approximate surface area is 141 Å². The highest BCUT2D eigenvalue weighted by atomic mass is 35.5. The molecule has 0 bridgehead atoms. The summed E-state index contributed by atoms with van der Waals surface area (Å²) in [5.41, 5.74) is 5.74. The molecular weight excluding hydrogens is 326 g/mol. The van der Waals surface area contributed by atoms with Crippen molar-refractivity contribution in [2.75, 3.05) is 26.4 Å². The van der Waals surface area contributed by atoms with Gasteiger partial charge in [0.05, 0.1) is 9.82 Å². The molecule has 1 amide bonds. The molecule has 0 aromatic heterocycles. The molecule has 22 heavy (non-hydrogen) atoms. The second-order valence-electron chi connectivity index (χ2n) is 5.67. The summed E-state index contributed by atoms with van der Waals surface area (Å²) in [5, 5.41) is 11.1. The van der Waals surface area contributed by atoms with Crippen LogP contribution in [0, 0.1) is 15.5 Å². The average Bonchev–Trinajstić information content (AvgIpc) is 2.45. The summed E-state index contributed by atoms with van der Waals surface area (Å²) in [6.45, 7) is 4.88. The molecule has 1 rings (SSSR count). The van der Waals surface area contributed by atoms with Gasteiger partial charge in [0.2, 0.25) is 0 Å². The molecule has 8 heteroatoms. The van der Waals surface area contributed by atoms with Gasteiger partial charge in [-0.1, -0.05) is 13.8 Å². The van der Waals surface area contributed by atoms with E-state index in [1.807, 2.05) is 13.8 Å². The molecule has 0 aliphatic heterocycles. The van der Waals surface area contributed by atoms with Crippen molar-refractivity contribution in [3.8, 4) is 0 Å². The van der Waals surface area contributed by atoms with Gasteiger partial charge < -0.3 is 10.6 Å². The molecule has 124 valence electrons. The van der Waals surface area contributed by atoms with Gasteiger partial charge in [0.1, 0.15) is 0 Å². The summed E-state index contributed by atoms with van der Waals surface area (Å²) in [7, 11) is 1.67. The molecule has 0 saturated carbocycles. The number of nitro groups is 1. The quantitative estimate of drug-likeness (QED) is 0.485. The smallest absolute Gasteiger partial charge is 0.283 e. The highest BCUT2D eigenvalue weighted by Crippen LogP contribution is 2.28. The van der Waals surface area contributed by atoms with E-state index in [9.17, 15) is 14.9 Å². The number of nitro benzene ring substituents is 1. The number of amides is 1. The largest absolute Gasteiger partial charge is 0.341 e. The van der Waals surface area contributed by atoms with Crippen LogP contribution in [0.3, 0.4) is 0 Å². The number of nitrogens with two attached hydrogens (primary N) is 1. The Morgan fingerprint density at radius 2 is 2.05 bits per heavy atom. The number of hydrogen-bond acceptors (Lipinski definition) is 5. The van der Waals surface area contributed by atoms with Crippen LogP contribution in [-0.4, -0.2) is 42.1 Å². The molecule has 0 fully saturated rings. The first-order chi connectivity index (χ1) is 9.71. The highest BCUT2D eigenvalue weighted by molar-refractivity contribution is 7.98. The van der Waals surface area contributed by atoms with Crippen LogP contribution in [0.4, 0.5) is 5.69 Å². The van der Waals surface area contributed by atoms with Crippen LogP contribution >= 0.6 is 24.2 Å². The van der Waals surface area contributed by atoms with Gasteiger partial charge in [-0.15, -0.1) is 24.2 Å². The first-order valence-corrected chi connectivity index (χ1v) is 7.72. The molecule has 0 heterocycles. The van der Waals surface area contributed by atoms with Crippen molar-refractivity contribution >= 4 is 35.8 Å². The maximum absolute atomic E-state index is 12.4. The second-order valence-corrected chi connectivity index (χ2v) is 6.52. The lowest BCUT2D eigenvalue weighted by Crippen LogP contribution is -2.39. The number of carbonyl (C=O) groups is 1. The molecule has 0 spiro atoms. The van der Waals surface area contributed by atoms with Crippen molar-refractivity contribution in [3.05, 3.63) is 33.9 Å². The van der Waals surface area contributed by atoms with Crippen LogP contribution < -0.4 is 5.73 Å². The third-order valence-corrected chi connectivity index (χ3v) is 3.97. The van der Waals surface area contributed by atoms with Crippen LogP contribution in [0.2, 0.25) is 0 Å². The van der Waals surface area contributed by atoms with Crippen LogP contribution in [0.15, 0.2) is 23.1 Å². The van der Waals surface area contributed by atoms with Crippen molar-refractivity contribution in [1.29, 1.82) is 0 Å². The zero-order chi connectivity index (χ0) is 16.2. The first-order valence-electron chi connectivity index (χ1n) is 6.50. The fourth-order valence-electron chi connectivity index (χ4n) is 1.96. The van der Waals surface area contributed by atoms with Crippen molar-refractivity contribution in [2.24, 2.45) is 11.1 Å². The summed E-state index contributed by atoms with van der Waals surface area (Å²) in [4.78, 5) is 25.0. The van der Waals surface area contributed by atoms with E-state index in [0.717, 1.165) is 0 Å². The van der Waals surface area contributed by atoms with Gasteiger partial charge in [-0.3, -0.25) is 14.9 Å². The van der Waals surface area contributed by atoms with E-state index in [0.29, 0.717) is 23.5 Å². The van der Waals surface area contributed by atoms with Crippen molar-refractivity contribution in [1.82, 2.24) is 4.90 Å². The van der Waals surface area contributed by atoms with Gasteiger partial charge in [-0.2, -0.15) is 0 Å². The normalized spacial score (nSPS) is 10.8. The summed E-state index contributed by atoms with van der Waals surface area (Å²) < 4.78 is 0. The van der Waals surface area contributed by atoms with E-state index in [1.54, 1.807) is 30.3 Å². The summed E-state index contributed by atoms with van der Waals surface area (Å²) >= 11 is 1.28. The minimum absolute atomic E-state index is 0. The number of rotatable bonds is 6. The van der Waals surface area contributed by atoms with Gasteiger partial charge in [0.25, 0.3) is 11.6 Å². The standard InChI is InChI=1S/C14H21N3O3S.ClH/c1-14(2,8-15)9-16(3)13(18)10-5-6-12(21-4)11(7-10)17(19)20;/h5-7H,8-9,15H2,1-4H3;1H. The van der Waals surface area contributed by atoms with Crippen LogP contribution in [-0.2, 0) is 0 Å². The fraction of sp³-hybridized carbons (Fsp3) is 0.500. The highest BCUT2D eigenvalue weighted by Gasteiger charge is 2.24. The van der Waals surface area contributed by atoms with Gasteiger partial charge in [0.15, 0.2) is 0 Å². The van der Waals surface area contributed by atoms with E-state index in [4.69, 9.17) is 5.73 Å². The Balaban J connectivity index is 0.00000441. The fourth-order valence-corrected chi connectivity index (χ4v) is 2.51. The minimum Gasteiger partial charge on any atom is -0.341 e. The van der Waals surface area contributed by atoms with Crippen LogP contribution in [0.25, 0.3) is 0 Å². The van der Waals surface area contributed by atoms with Crippen molar-refractivity contribution in [2.45, 2.75) is 18.7 Å². The predicted octanol–water partition coefficient (Wildman–Crippen LogP) is 2.80. The number of halogens is 1. The molecule has 0 aliphatic carbocycles. The van der Waals surface area contributed by atoms with Gasteiger partial charge in [-0.25, -0.2) is 0 Å². The maximum atomic E-state index is 12.4. The van der Waals surface area contributed by atoms with Gasteiger partial charge in [0, 0.05) is 25.2 Å².